The van der Waals surface area contributed by atoms with Crippen molar-refractivity contribution in [2.75, 3.05) is 26.9 Å². The van der Waals surface area contributed by atoms with E-state index in [9.17, 15) is 19.1 Å². The third-order valence-corrected chi connectivity index (χ3v) is 3.35. The largest absolute Gasteiger partial charge is 0.478 e. The Bertz CT molecular complexity index is 769. The number of methoxy groups -OCH3 is 1. The fraction of sp³-hybridized carbons (Fsp3) is 0.278. The number of ether oxygens (including phenoxy) is 3. The molecule has 9 heteroatoms. The number of pyridine rings is 1. The first-order valence-electron chi connectivity index (χ1n) is 8.00. The minimum atomic E-state index is -1.33. The molecular formula is C18H19FN2O6. The molecule has 0 saturated carbocycles. The van der Waals surface area contributed by atoms with Crippen molar-refractivity contribution in [2.45, 2.75) is 6.10 Å². The fourth-order valence-electron chi connectivity index (χ4n) is 2.00. The maximum atomic E-state index is 12.9. The first-order valence-corrected chi connectivity index (χ1v) is 8.00. The second-order valence-electron chi connectivity index (χ2n) is 5.33. The van der Waals surface area contributed by atoms with Crippen LogP contribution in [0.2, 0.25) is 0 Å². The monoisotopic (exact) mass is 378 g/mol. The molecule has 0 aliphatic rings. The van der Waals surface area contributed by atoms with Crippen LogP contribution < -0.4 is 14.8 Å². The van der Waals surface area contributed by atoms with Gasteiger partial charge in [-0.05, 0) is 30.3 Å². The van der Waals surface area contributed by atoms with E-state index < -0.39 is 23.8 Å². The Hall–Kier alpha value is -3.20. The molecule has 1 aromatic heterocycles. The molecule has 1 unspecified atom stereocenters. The summed E-state index contributed by atoms with van der Waals surface area (Å²) in [5, 5.41) is 11.7. The Morgan fingerprint density at radius 3 is 2.63 bits per heavy atom. The molecule has 0 fully saturated rings. The first kappa shape index (κ1) is 20.1. The van der Waals surface area contributed by atoms with E-state index in [-0.39, 0.29) is 30.3 Å². The predicted molar refractivity (Wildman–Crippen MR) is 92.4 cm³/mol. The summed E-state index contributed by atoms with van der Waals surface area (Å²) in [7, 11) is 1.54. The molecule has 2 N–H and O–H groups in total. The number of benzene rings is 1. The Morgan fingerprint density at radius 1 is 1.22 bits per heavy atom. The smallest absolute Gasteiger partial charge is 0.346 e. The van der Waals surface area contributed by atoms with Crippen molar-refractivity contribution in [3.8, 4) is 11.6 Å². The van der Waals surface area contributed by atoms with Gasteiger partial charge in [-0.2, -0.15) is 0 Å². The van der Waals surface area contributed by atoms with Gasteiger partial charge in [-0.15, -0.1) is 0 Å². The number of carboxylic acids is 1. The number of nitrogens with zero attached hydrogens (tertiary/aromatic N) is 1. The number of aliphatic carboxylic acids is 1. The van der Waals surface area contributed by atoms with Crippen LogP contribution in [-0.2, 0) is 9.53 Å². The van der Waals surface area contributed by atoms with Crippen LogP contribution in [0.4, 0.5) is 4.39 Å². The van der Waals surface area contributed by atoms with Gasteiger partial charge in [0.1, 0.15) is 18.2 Å². The van der Waals surface area contributed by atoms with Gasteiger partial charge in [0, 0.05) is 24.9 Å². The van der Waals surface area contributed by atoms with E-state index >= 15 is 0 Å². The number of carbonyl (C=O) groups excluding carboxylic acids is 1. The molecule has 27 heavy (non-hydrogen) atoms. The van der Waals surface area contributed by atoms with Crippen molar-refractivity contribution in [2.24, 2.45) is 0 Å². The zero-order valence-corrected chi connectivity index (χ0v) is 14.6. The summed E-state index contributed by atoms with van der Waals surface area (Å²) in [5.41, 5.74) is 0.253. The molecule has 1 heterocycles. The summed E-state index contributed by atoms with van der Waals surface area (Å²) in [6, 6.07) is 7.81. The van der Waals surface area contributed by atoms with Crippen molar-refractivity contribution in [3.63, 3.8) is 0 Å². The van der Waals surface area contributed by atoms with Gasteiger partial charge in [0.05, 0.1) is 13.2 Å². The maximum absolute atomic E-state index is 12.9. The second kappa shape index (κ2) is 10.1. The summed E-state index contributed by atoms with van der Waals surface area (Å²) in [4.78, 5) is 27.5. The van der Waals surface area contributed by atoms with Crippen LogP contribution in [0, 0.1) is 5.82 Å². The number of aromatic nitrogens is 1. The molecule has 8 nitrogen and oxygen atoms in total. The van der Waals surface area contributed by atoms with Gasteiger partial charge in [0.2, 0.25) is 12.0 Å². The molecule has 2 rings (SSSR count). The molecule has 2 aromatic rings. The van der Waals surface area contributed by atoms with E-state index in [1.807, 2.05) is 0 Å². The lowest BCUT2D eigenvalue weighted by Crippen LogP contribution is -2.40. The molecule has 1 amide bonds. The third kappa shape index (κ3) is 6.55. The number of hydrogen-bond donors (Lipinski definition) is 2. The van der Waals surface area contributed by atoms with E-state index in [1.54, 1.807) is 0 Å². The van der Waals surface area contributed by atoms with Crippen molar-refractivity contribution >= 4 is 11.9 Å². The van der Waals surface area contributed by atoms with Crippen LogP contribution in [-0.4, -0.2) is 54.9 Å². The second-order valence-corrected chi connectivity index (χ2v) is 5.33. The topological polar surface area (TPSA) is 107 Å². The highest BCUT2D eigenvalue weighted by molar-refractivity contribution is 5.94. The fourth-order valence-corrected chi connectivity index (χ4v) is 2.00. The Balaban J connectivity index is 1.94. The lowest BCUT2D eigenvalue weighted by atomic mass is 10.2. The lowest BCUT2D eigenvalue weighted by Gasteiger charge is -2.16. The Labute approximate surface area is 154 Å². The lowest BCUT2D eigenvalue weighted by molar-refractivity contribution is -0.144. The molecule has 0 bridgehead atoms. The number of carbonyl (C=O) groups is 2. The van der Waals surface area contributed by atoms with E-state index in [0.717, 1.165) is 12.1 Å². The summed E-state index contributed by atoms with van der Waals surface area (Å²) >= 11 is 0. The molecule has 0 saturated heterocycles. The highest BCUT2D eigenvalue weighted by Crippen LogP contribution is 2.13. The molecule has 0 aliphatic carbocycles. The van der Waals surface area contributed by atoms with Crippen LogP contribution in [0.5, 0.6) is 11.6 Å². The molecule has 0 spiro atoms. The predicted octanol–water partition coefficient (Wildman–Crippen LogP) is 1.51. The van der Waals surface area contributed by atoms with Crippen LogP contribution in [0.1, 0.15) is 10.4 Å². The number of nitrogens with one attached hydrogen (secondary N) is 1. The van der Waals surface area contributed by atoms with Crippen LogP contribution in [0.3, 0.4) is 0 Å². The molecule has 0 aliphatic heterocycles. The van der Waals surface area contributed by atoms with Gasteiger partial charge >= 0.3 is 5.97 Å². The highest BCUT2D eigenvalue weighted by atomic mass is 19.1. The quantitative estimate of drug-likeness (QED) is 0.604. The molecule has 1 atom stereocenters. The van der Waals surface area contributed by atoms with Crippen molar-refractivity contribution in [1.82, 2.24) is 10.3 Å². The summed E-state index contributed by atoms with van der Waals surface area (Å²) in [6.07, 6.45) is 0.0690. The number of carboxylic acid groups (broad SMARTS) is 1. The number of rotatable bonds is 10. The molecular weight excluding hydrogens is 359 g/mol. The van der Waals surface area contributed by atoms with Crippen molar-refractivity contribution in [3.05, 3.63) is 54.0 Å². The molecule has 0 radical (unpaired) electrons. The van der Waals surface area contributed by atoms with Crippen LogP contribution >= 0.6 is 0 Å². The van der Waals surface area contributed by atoms with Crippen LogP contribution in [0.25, 0.3) is 0 Å². The van der Waals surface area contributed by atoms with Crippen LogP contribution in [0.15, 0.2) is 42.6 Å². The molecule has 144 valence electrons. The number of hydrogen-bond acceptors (Lipinski definition) is 6. The maximum Gasteiger partial charge on any atom is 0.346 e. The van der Waals surface area contributed by atoms with Gasteiger partial charge in [0.15, 0.2) is 0 Å². The number of halogens is 1. The van der Waals surface area contributed by atoms with Crippen molar-refractivity contribution in [1.29, 1.82) is 0 Å². The zero-order valence-electron chi connectivity index (χ0n) is 14.6. The number of amides is 1. The van der Waals surface area contributed by atoms with E-state index in [2.05, 4.69) is 10.3 Å². The average Bonchev–Trinajstić information content (AvgIpc) is 2.66. The summed E-state index contributed by atoms with van der Waals surface area (Å²) in [6.45, 7) is 0.369. The van der Waals surface area contributed by atoms with Gasteiger partial charge in [-0.3, -0.25) is 4.79 Å². The minimum absolute atomic E-state index is 0.177. The van der Waals surface area contributed by atoms with Gasteiger partial charge in [-0.25, -0.2) is 14.2 Å². The summed E-state index contributed by atoms with van der Waals surface area (Å²) in [5.74, 6) is -1.82. The molecule has 1 aromatic carbocycles. The highest BCUT2D eigenvalue weighted by Gasteiger charge is 2.21. The normalized spacial score (nSPS) is 11.5. The van der Waals surface area contributed by atoms with E-state index in [0.29, 0.717) is 6.61 Å². The van der Waals surface area contributed by atoms with Crippen molar-refractivity contribution < 1.29 is 33.3 Å². The minimum Gasteiger partial charge on any atom is -0.478 e. The average molecular weight is 378 g/mol. The van der Waals surface area contributed by atoms with E-state index in [1.165, 1.54) is 37.6 Å². The van der Waals surface area contributed by atoms with Gasteiger partial charge in [0.25, 0.3) is 5.91 Å². The Morgan fingerprint density at radius 2 is 1.96 bits per heavy atom. The SMILES string of the molecule is COCCOc1cc(C(=O)NCC(Oc2ccc(F)cc2)C(=O)O)ccn1. The third-order valence-electron chi connectivity index (χ3n) is 3.35. The Kier molecular flexibility index (Phi) is 7.50. The summed E-state index contributed by atoms with van der Waals surface area (Å²) < 4.78 is 28.4. The van der Waals surface area contributed by atoms with Gasteiger partial charge < -0.3 is 24.6 Å². The van der Waals surface area contributed by atoms with Gasteiger partial charge in [-0.1, -0.05) is 0 Å². The zero-order chi connectivity index (χ0) is 19.6. The first-order chi connectivity index (χ1) is 13.0. The standard InChI is InChI=1S/C18H19FN2O6/c1-25-8-9-26-16-10-12(6-7-20-16)17(22)21-11-15(18(23)24)27-14-4-2-13(19)3-5-14/h2-7,10,15H,8-9,11H2,1H3,(H,21,22)(H,23,24). The van der Waals surface area contributed by atoms with E-state index in [4.69, 9.17) is 14.2 Å².